The Bertz CT molecular complexity index is 903. The number of fused-ring (bicyclic) bond motifs is 5. The van der Waals surface area contributed by atoms with Crippen molar-refractivity contribution in [3.63, 3.8) is 0 Å². The molecule has 0 N–H and O–H groups in total. The van der Waals surface area contributed by atoms with Crippen molar-refractivity contribution in [2.45, 2.75) is 13.3 Å². The molecule has 19 heavy (non-hydrogen) atoms. The second kappa shape index (κ2) is 3.82. The van der Waals surface area contributed by atoms with E-state index in [2.05, 4.69) is 60.0 Å². The number of hydrogen-bond acceptors (Lipinski definition) is 1. The van der Waals surface area contributed by atoms with Crippen LogP contribution in [-0.4, -0.2) is 9.38 Å². The van der Waals surface area contributed by atoms with E-state index in [4.69, 9.17) is 4.98 Å². The zero-order valence-electron chi connectivity index (χ0n) is 10.8. The molecule has 0 atom stereocenters. The van der Waals surface area contributed by atoms with E-state index in [1.165, 1.54) is 21.9 Å². The molecule has 2 heterocycles. The van der Waals surface area contributed by atoms with Crippen molar-refractivity contribution < 1.29 is 0 Å². The molecule has 0 fully saturated rings. The summed E-state index contributed by atoms with van der Waals surface area (Å²) in [5.74, 6) is 0. The second-order valence-electron chi connectivity index (χ2n) is 4.89. The largest absolute Gasteiger partial charge is 0.299 e. The molecule has 4 aromatic rings. The molecule has 0 radical (unpaired) electrons. The minimum Gasteiger partial charge on any atom is -0.299 e. The average molecular weight is 246 g/mol. The summed E-state index contributed by atoms with van der Waals surface area (Å²) in [6.07, 6.45) is 3.16. The summed E-state index contributed by atoms with van der Waals surface area (Å²) in [5.41, 5.74) is 4.62. The third-order valence-electron chi connectivity index (χ3n) is 3.77. The maximum absolute atomic E-state index is 4.78. The van der Waals surface area contributed by atoms with Crippen molar-refractivity contribution in [2.75, 3.05) is 0 Å². The lowest BCUT2D eigenvalue weighted by Crippen LogP contribution is -1.87. The molecular weight excluding hydrogens is 232 g/mol. The summed E-state index contributed by atoms with van der Waals surface area (Å²) >= 11 is 0. The third-order valence-corrected chi connectivity index (χ3v) is 3.77. The number of pyridine rings is 1. The van der Waals surface area contributed by atoms with Gasteiger partial charge in [0, 0.05) is 11.6 Å². The van der Waals surface area contributed by atoms with Crippen molar-refractivity contribution in [3.8, 4) is 0 Å². The minimum atomic E-state index is 1.05. The van der Waals surface area contributed by atoms with Gasteiger partial charge in [0.1, 0.15) is 5.65 Å². The summed E-state index contributed by atoms with van der Waals surface area (Å²) in [6.45, 7) is 2.18. The topological polar surface area (TPSA) is 17.3 Å². The fourth-order valence-corrected chi connectivity index (χ4v) is 2.70. The number of imidazole rings is 1. The maximum atomic E-state index is 4.78. The molecule has 2 nitrogen and oxygen atoms in total. The SMILES string of the molecule is CCc1ccc2ccn3c4ccccc4nc3c2c1. The first-order chi connectivity index (χ1) is 9.36. The summed E-state index contributed by atoms with van der Waals surface area (Å²) in [7, 11) is 0. The van der Waals surface area contributed by atoms with E-state index in [1.54, 1.807) is 0 Å². The molecule has 0 aliphatic carbocycles. The van der Waals surface area contributed by atoms with Gasteiger partial charge in [-0.1, -0.05) is 31.2 Å². The normalized spacial score (nSPS) is 11.6. The lowest BCUT2D eigenvalue weighted by molar-refractivity contribution is 1.14. The molecule has 92 valence electrons. The van der Waals surface area contributed by atoms with Gasteiger partial charge in [-0.15, -0.1) is 0 Å². The number of aryl methyl sites for hydroxylation is 1. The Balaban J connectivity index is 2.23. The van der Waals surface area contributed by atoms with Gasteiger partial charge in [0.2, 0.25) is 0 Å². The highest BCUT2D eigenvalue weighted by Gasteiger charge is 2.07. The number of benzene rings is 2. The van der Waals surface area contributed by atoms with Gasteiger partial charge in [0.05, 0.1) is 11.0 Å². The van der Waals surface area contributed by atoms with Crippen LogP contribution in [0.2, 0.25) is 0 Å². The van der Waals surface area contributed by atoms with Gasteiger partial charge in [-0.05, 0) is 41.6 Å². The Hall–Kier alpha value is -2.35. The van der Waals surface area contributed by atoms with Gasteiger partial charge < -0.3 is 0 Å². The predicted molar refractivity (Wildman–Crippen MR) is 79.6 cm³/mol. The molecule has 0 aliphatic heterocycles. The number of aromatic nitrogens is 2. The number of rotatable bonds is 1. The molecule has 0 spiro atoms. The molecule has 4 rings (SSSR count). The molecule has 0 aliphatic rings. The third kappa shape index (κ3) is 1.46. The molecule has 2 heteroatoms. The van der Waals surface area contributed by atoms with Crippen LogP contribution < -0.4 is 0 Å². The van der Waals surface area contributed by atoms with Gasteiger partial charge in [-0.3, -0.25) is 4.40 Å². The van der Waals surface area contributed by atoms with Gasteiger partial charge in [0.15, 0.2) is 0 Å². The summed E-state index contributed by atoms with van der Waals surface area (Å²) in [4.78, 5) is 4.78. The molecule has 2 aromatic heterocycles. The van der Waals surface area contributed by atoms with E-state index in [9.17, 15) is 0 Å². The highest BCUT2D eigenvalue weighted by Crippen LogP contribution is 2.25. The smallest absolute Gasteiger partial charge is 0.145 e. The summed E-state index contributed by atoms with van der Waals surface area (Å²) < 4.78 is 2.18. The van der Waals surface area contributed by atoms with Gasteiger partial charge in [-0.2, -0.15) is 0 Å². The minimum absolute atomic E-state index is 1.05. The maximum Gasteiger partial charge on any atom is 0.145 e. The highest BCUT2D eigenvalue weighted by molar-refractivity contribution is 5.98. The van der Waals surface area contributed by atoms with Gasteiger partial charge in [-0.25, -0.2) is 4.98 Å². The first-order valence-electron chi connectivity index (χ1n) is 6.65. The van der Waals surface area contributed by atoms with Crippen molar-refractivity contribution in [1.82, 2.24) is 9.38 Å². The van der Waals surface area contributed by atoms with E-state index < -0.39 is 0 Å². The molecule has 0 unspecified atom stereocenters. The van der Waals surface area contributed by atoms with Crippen molar-refractivity contribution in [3.05, 3.63) is 60.3 Å². The van der Waals surface area contributed by atoms with Crippen LogP contribution in [0.3, 0.4) is 0 Å². The zero-order chi connectivity index (χ0) is 12.8. The lowest BCUT2D eigenvalue weighted by Gasteiger charge is -2.03. The van der Waals surface area contributed by atoms with Crippen molar-refractivity contribution in [2.24, 2.45) is 0 Å². The standard InChI is InChI=1S/C17H14N2/c1-2-12-7-8-13-9-10-19-16-6-4-3-5-15(16)18-17(19)14(13)11-12/h3-11H,2H2,1H3. The molecule has 0 saturated heterocycles. The van der Waals surface area contributed by atoms with E-state index in [0.717, 1.165) is 17.6 Å². The molecular formula is C17H14N2. The van der Waals surface area contributed by atoms with E-state index in [1.807, 2.05) is 6.07 Å². The highest BCUT2D eigenvalue weighted by atomic mass is 15.0. The van der Waals surface area contributed by atoms with E-state index in [0.29, 0.717) is 0 Å². The Morgan fingerprint density at radius 1 is 1.05 bits per heavy atom. The number of nitrogens with zero attached hydrogens (tertiary/aromatic N) is 2. The fraction of sp³-hybridized carbons (Fsp3) is 0.118. The molecule has 0 amide bonds. The van der Waals surface area contributed by atoms with E-state index >= 15 is 0 Å². The van der Waals surface area contributed by atoms with Crippen LogP contribution in [0.5, 0.6) is 0 Å². The van der Waals surface area contributed by atoms with Crippen LogP contribution in [-0.2, 0) is 6.42 Å². The first-order valence-corrected chi connectivity index (χ1v) is 6.65. The summed E-state index contributed by atoms with van der Waals surface area (Å²) in [5, 5.41) is 2.48. The molecule has 0 bridgehead atoms. The van der Waals surface area contributed by atoms with Crippen molar-refractivity contribution in [1.29, 1.82) is 0 Å². The first kappa shape index (κ1) is 10.6. The monoisotopic (exact) mass is 246 g/mol. The van der Waals surface area contributed by atoms with Crippen LogP contribution in [0.1, 0.15) is 12.5 Å². The van der Waals surface area contributed by atoms with Crippen molar-refractivity contribution >= 4 is 27.5 Å². The quantitative estimate of drug-likeness (QED) is 0.492. The molecule has 2 aromatic carbocycles. The molecule has 0 saturated carbocycles. The van der Waals surface area contributed by atoms with Gasteiger partial charge in [0.25, 0.3) is 0 Å². The van der Waals surface area contributed by atoms with Crippen LogP contribution in [0.25, 0.3) is 27.5 Å². The van der Waals surface area contributed by atoms with E-state index in [-0.39, 0.29) is 0 Å². The van der Waals surface area contributed by atoms with Crippen LogP contribution in [0.15, 0.2) is 54.7 Å². The van der Waals surface area contributed by atoms with Gasteiger partial charge >= 0.3 is 0 Å². The zero-order valence-corrected chi connectivity index (χ0v) is 10.8. The van der Waals surface area contributed by atoms with Crippen LogP contribution >= 0.6 is 0 Å². The number of para-hydroxylation sites is 2. The van der Waals surface area contributed by atoms with Crippen LogP contribution in [0, 0.1) is 0 Å². The Morgan fingerprint density at radius 3 is 2.84 bits per heavy atom. The number of hydrogen-bond donors (Lipinski definition) is 0. The van der Waals surface area contributed by atoms with Crippen LogP contribution in [0.4, 0.5) is 0 Å². The second-order valence-corrected chi connectivity index (χ2v) is 4.89. The Labute approximate surface area is 111 Å². The lowest BCUT2D eigenvalue weighted by atomic mass is 10.1. The Morgan fingerprint density at radius 2 is 1.95 bits per heavy atom. The fourth-order valence-electron chi connectivity index (χ4n) is 2.70. The Kier molecular flexibility index (Phi) is 2.12. The summed E-state index contributed by atoms with van der Waals surface area (Å²) in [6, 6.07) is 17.1. The average Bonchev–Trinajstić information content (AvgIpc) is 2.85. The predicted octanol–water partition coefficient (Wildman–Crippen LogP) is 4.20.